The highest BCUT2D eigenvalue weighted by atomic mass is 16.1. The van der Waals surface area contributed by atoms with Gasteiger partial charge >= 0.3 is 0 Å². The third kappa shape index (κ3) is 2.47. The van der Waals surface area contributed by atoms with Crippen LogP contribution in [0.15, 0.2) is 17.3 Å². The predicted octanol–water partition coefficient (Wildman–Crippen LogP) is -0.126. The smallest absolute Gasteiger partial charge is 0.253 e. The number of nitrogens with one attached hydrogen (secondary N) is 1. The Morgan fingerprint density at radius 2 is 2.33 bits per heavy atom. The van der Waals surface area contributed by atoms with Crippen LogP contribution in [0.5, 0.6) is 0 Å². The average molecular weight is 167 g/mol. The molecule has 0 aliphatic carbocycles. The van der Waals surface area contributed by atoms with Gasteiger partial charge in [-0.05, 0) is 20.5 Å². The van der Waals surface area contributed by atoms with Crippen LogP contribution >= 0.6 is 0 Å². The molecule has 4 heteroatoms. The fourth-order valence-electron chi connectivity index (χ4n) is 0.897. The summed E-state index contributed by atoms with van der Waals surface area (Å²) < 4.78 is 0. The van der Waals surface area contributed by atoms with Crippen LogP contribution in [0, 0.1) is 0 Å². The summed E-state index contributed by atoms with van der Waals surface area (Å²) in [4.78, 5) is 19.5. The van der Waals surface area contributed by atoms with E-state index in [4.69, 9.17) is 0 Å². The summed E-state index contributed by atoms with van der Waals surface area (Å²) in [6.07, 6.45) is 3.76. The quantitative estimate of drug-likeness (QED) is 0.682. The molecule has 0 atom stereocenters. The van der Waals surface area contributed by atoms with Crippen LogP contribution in [0.1, 0.15) is 5.56 Å². The second-order valence-electron chi connectivity index (χ2n) is 2.96. The van der Waals surface area contributed by atoms with Gasteiger partial charge in [0.1, 0.15) is 0 Å². The number of rotatable bonds is 3. The van der Waals surface area contributed by atoms with Crippen molar-refractivity contribution in [2.75, 3.05) is 20.6 Å². The molecule has 0 saturated heterocycles. The highest BCUT2D eigenvalue weighted by Crippen LogP contribution is 1.89. The van der Waals surface area contributed by atoms with Gasteiger partial charge in [-0.15, -0.1) is 0 Å². The van der Waals surface area contributed by atoms with Crippen molar-refractivity contribution in [3.63, 3.8) is 0 Å². The van der Waals surface area contributed by atoms with Crippen molar-refractivity contribution in [1.29, 1.82) is 0 Å². The molecule has 1 aromatic heterocycles. The Balaban J connectivity index is 2.64. The Morgan fingerprint density at radius 1 is 1.58 bits per heavy atom. The minimum Gasteiger partial charge on any atom is -0.313 e. The number of H-pyrrole nitrogens is 1. The van der Waals surface area contributed by atoms with Gasteiger partial charge in [0.2, 0.25) is 0 Å². The van der Waals surface area contributed by atoms with Gasteiger partial charge in [0.15, 0.2) is 0 Å². The fourth-order valence-corrected chi connectivity index (χ4v) is 0.897. The Labute approximate surface area is 71.3 Å². The number of aromatic amines is 1. The normalized spacial score (nSPS) is 10.6. The van der Waals surface area contributed by atoms with Crippen molar-refractivity contribution in [1.82, 2.24) is 14.9 Å². The number of hydrogen-bond acceptors (Lipinski definition) is 3. The van der Waals surface area contributed by atoms with Crippen LogP contribution in [0.4, 0.5) is 0 Å². The third-order valence-electron chi connectivity index (χ3n) is 1.62. The number of hydrogen-bond donors (Lipinski definition) is 1. The molecule has 0 aliphatic rings. The van der Waals surface area contributed by atoms with E-state index < -0.39 is 0 Å². The lowest BCUT2D eigenvalue weighted by atomic mass is 10.2. The van der Waals surface area contributed by atoms with Crippen LogP contribution in [-0.2, 0) is 6.42 Å². The van der Waals surface area contributed by atoms with Crippen LogP contribution in [0.3, 0.4) is 0 Å². The van der Waals surface area contributed by atoms with Gasteiger partial charge in [0, 0.05) is 18.3 Å². The Morgan fingerprint density at radius 3 is 2.92 bits per heavy atom. The van der Waals surface area contributed by atoms with E-state index in [1.807, 2.05) is 19.0 Å². The van der Waals surface area contributed by atoms with E-state index in [9.17, 15) is 4.79 Å². The predicted molar refractivity (Wildman–Crippen MR) is 47.1 cm³/mol. The molecule has 66 valence electrons. The van der Waals surface area contributed by atoms with Crippen molar-refractivity contribution in [2.24, 2.45) is 0 Å². The molecule has 0 saturated carbocycles. The van der Waals surface area contributed by atoms with E-state index in [1.165, 1.54) is 6.33 Å². The van der Waals surface area contributed by atoms with Crippen molar-refractivity contribution >= 4 is 0 Å². The Bertz CT molecular complexity index is 292. The maximum absolute atomic E-state index is 11.1. The third-order valence-corrected chi connectivity index (χ3v) is 1.62. The minimum absolute atomic E-state index is 0.0353. The summed E-state index contributed by atoms with van der Waals surface area (Å²) in [7, 11) is 3.95. The zero-order chi connectivity index (χ0) is 8.97. The van der Waals surface area contributed by atoms with Crippen LogP contribution in [0.25, 0.3) is 0 Å². The van der Waals surface area contributed by atoms with Crippen LogP contribution < -0.4 is 5.56 Å². The molecule has 1 heterocycles. The molecule has 1 aromatic rings. The standard InChI is InChI=1S/C8H13N3O/c1-11(2)4-3-7-5-9-6-10-8(7)12/h5-6H,3-4H2,1-2H3,(H,9,10,12). The van der Waals surface area contributed by atoms with Gasteiger partial charge in [-0.1, -0.05) is 0 Å². The molecule has 0 fully saturated rings. The first-order chi connectivity index (χ1) is 5.70. The minimum atomic E-state index is -0.0353. The summed E-state index contributed by atoms with van der Waals surface area (Å²) in [6, 6.07) is 0. The second kappa shape index (κ2) is 4.01. The second-order valence-corrected chi connectivity index (χ2v) is 2.96. The molecule has 1 N–H and O–H groups in total. The molecule has 0 amide bonds. The molecule has 0 aromatic carbocycles. The van der Waals surface area contributed by atoms with Gasteiger partial charge in [0.05, 0.1) is 6.33 Å². The molecular formula is C8H13N3O. The van der Waals surface area contributed by atoms with Crippen molar-refractivity contribution in [3.05, 3.63) is 28.4 Å². The molecule has 0 aliphatic heterocycles. The average Bonchev–Trinajstić information content (AvgIpc) is 2.03. The zero-order valence-corrected chi connectivity index (χ0v) is 7.37. The molecule has 0 unspecified atom stereocenters. The lowest BCUT2D eigenvalue weighted by Gasteiger charge is -2.07. The number of aromatic nitrogens is 2. The van der Waals surface area contributed by atoms with E-state index in [-0.39, 0.29) is 5.56 Å². The molecule has 0 radical (unpaired) electrons. The summed E-state index contributed by atoms with van der Waals surface area (Å²) in [5, 5.41) is 0. The molecule has 12 heavy (non-hydrogen) atoms. The van der Waals surface area contributed by atoms with E-state index in [0.717, 1.165) is 18.5 Å². The Hall–Kier alpha value is -1.16. The first-order valence-electron chi connectivity index (χ1n) is 3.86. The summed E-state index contributed by atoms with van der Waals surface area (Å²) >= 11 is 0. The van der Waals surface area contributed by atoms with E-state index >= 15 is 0 Å². The highest BCUT2D eigenvalue weighted by molar-refractivity contribution is 5.03. The van der Waals surface area contributed by atoms with Gasteiger partial charge in [0.25, 0.3) is 5.56 Å². The Kier molecular flexibility index (Phi) is 2.99. The van der Waals surface area contributed by atoms with E-state index in [1.54, 1.807) is 6.20 Å². The van der Waals surface area contributed by atoms with Gasteiger partial charge in [-0.3, -0.25) is 4.79 Å². The SMILES string of the molecule is CN(C)CCc1cnc[nH]c1=O. The van der Waals surface area contributed by atoms with Crippen molar-refractivity contribution in [3.8, 4) is 0 Å². The number of nitrogens with zero attached hydrogens (tertiary/aromatic N) is 2. The van der Waals surface area contributed by atoms with Crippen molar-refractivity contribution < 1.29 is 0 Å². The van der Waals surface area contributed by atoms with Crippen LogP contribution in [0.2, 0.25) is 0 Å². The number of likely N-dealkylation sites (N-methyl/N-ethyl adjacent to an activating group) is 1. The van der Waals surface area contributed by atoms with E-state index in [0.29, 0.717) is 0 Å². The van der Waals surface area contributed by atoms with Crippen molar-refractivity contribution in [2.45, 2.75) is 6.42 Å². The lowest BCUT2D eigenvalue weighted by Crippen LogP contribution is -2.20. The van der Waals surface area contributed by atoms with Gasteiger partial charge in [-0.25, -0.2) is 4.98 Å². The van der Waals surface area contributed by atoms with Gasteiger partial charge in [-0.2, -0.15) is 0 Å². The maximum atomic E-state index is 11.1. The molecule has 4 nitrogen and oxygen atoms in total. The molecule has 0 bridgehead atoms. The van der Waals surface area contributed by atoms with E-state index in [2.05, 4.69) is 9.97 Å². The summed E-state index contributed by atoms with van der Waals surface area (Å²) in [6.45, 7) is 0.870. The summed E-state index contributed by atoms with van der Waals surface area (Å²) in [5.74, 6) is 0. The zero-order valence-electron chi connectivity index (χ0n) is 7.37. The molecular weight excluding hydrogens is 154 g/mol. The lowest BCUT2D eigenvalue weighted by molar-refractivity contribution is 0.412. The fraction of sp³-hybridized carbons (Fsp3) is 0.500. The highest BCUT2D eigenvalue weighted by Gasteiger charge is 1.98. The largest absolute Gasteiger partial charge is 0.313 e. The topological polar surface area (TPSA) is 49.0 Å². The maximum Gasteiger partial charge on any atom is 0.253 e. The molecule has 1 rings (SSSR count). The first kappa shape index (κ1) is 8.93. The monoisotopic (exact) mass is 167 g/mol. The van der Waals surface area contributed by atoms with Crippen LogP contribution in [-0.4, -0.2) is 35.5 Å². The molecule has 0 spiro atoms. The summed E-state index contributed by atoms with van der Waals surface area (Å²) in [5.41, 5.74) is 0.707. The van der Waals surface area contributed by atoms with Gasteiger partial charge < -0.3 is 9.88 Å². The first-order valence-corrected chi connectivity index (χ1v) is 3.86.